The van der Waals surface area contributed by atoms with Crippen LogP contribution in [0.25, 0.3) is 0 Å². The number of hydrogen-bond acceptors (Lipinski definition) is 3. The summed E-state index contributed by atoms with van der Waals surface area (Å²) in [6.07, 6.45) is 9.47. The average molecular weight is 281 g/mol. The number of nitrogens with zero attached hydrogens (tertiary/aromatic N) is 1. The molecule has 0 spiro atoms. The number of aliphatic carboxylic acids is 1. The highest BCUT2D eigenvalue weighted by Gasteiger charge is 2.47. The molecular formula is C16H27NO3. The molecule has 3 unspecified atom stereocenters. The molecular weight excluding hydrogens is 254 g/mol. The third kappa shape index (κ3) is 2.60. The van der Waals surface area contributed by atoms with Gasteiger partial charge in [0.15, 0.2) is 0 Å². The summed E-state index contributed by atoms with van der Waals surface area (Å²) >= 11 is 0. The van der Waals surface area contributed by atoms with Gasteiger partial charge < -0.3 is 9.84 Å². The summed E-state index contributed by atoms with van der Waals surface area (Å²) in [6.45, 7) is 2.80. The Kier molecular flexibility index (Phi) is 4.32. The van der Waals surface area contributed by atoms with Gasteiger partial charge >= 0.3 is 5.97 Å². The number of ether oxygens (including phenoxy) is 1. The van der Waals surface area contributed by atoms with Crippen LogP contribution in [0.15, 0.2) is 0 Å². The third-order valence-electron chi connectivity index (χ3n) is 5.60. The maximum absolute atomic E-state index is 11.6. The summed E-state index contributed by atoms with van der Waals surface area (Å²) < 4.78 is 5.66. The van der Waals surface area contributed by atoms with Gasteiger partial charge in [-0.3, -0.25) is 9.69 Å². The van der Waals surface area contributed by atoms with E-state index in [1.54, 1.807) is 0 Å². The van der Waals surface area contributed by atoms with E-state index in [0.29, 0.717) is 18.2 Å². The molecule has 1 saturated heterocycles. The second kappa shape index (κ2) is 6.02. The second-order valence-corrected chi connectivity index (χ2v) is 6.69. The normalized spacial score (nSPS) is 41.8. The lowest BCUT2D eigenvalue weighted by Crippen LogP contribution is -2.62. The summed E-state index contributed by atoms with van der Waals surface area (Å²) in [5.74, 6) is 0.124. The Morgan fingerprint density at radius 2 is 1.95 bits per heavy atom. The Balaban J connectivity index is 1.70. The summed E-state index contributed by atoms with van der Waals surface area (Å²) in [5, 5.41) is 9.56. The van der Waals surface area contributed by atoms with Crippen LogP contribution in [0.2, 0.25) is 0 Å². The number of rotatable bonds is 4. The molecule has 1 aliphatic heterocycles. The number of carboxylic acids is 1. The maximum Gasteiger partial charge on any atom is 0.320 e. The zero-order chi connectivity index (χ0) is 14.1. The molecule has 3 rings (SSSR count). The number of fused-ring (bicyclic) bond motifs is 1. The van der Waals surface area contributed by atoms with Crippen LogP contribution >= 0.6 is 0 Å². The zero-order valence-electron chi connectivity index (χ0n) is 12.5. The predicted molar refractivity (Wildman–Crippen MR) is 76.7 cm³/mol. The van der Waals surface area contributed by atoms with Crippen LogP contribution in [0, 0.1) is 5.92 Å². The minimum absolute atomic E-state index is 0.248. The molecule has 4 nitrogen and oxygen atoms in total. The van der Waals surface area contributed by atoms with Crippen molar-refractivity contribution in [2.75, 3.05) is 6.61 Å². The Morgan fingerprint density at radius 1 is 1.20 bits per heavy atom. The molecule has 3 atom stereocenters. The van der Waals surface area contributed by atoms with Crippen molar-refractivity contribution in [2.24, 2.45) is 5.92 Å². The minimum Gasteiger partial charge on any atom is -0.480 e. The Hall–Kier alpha value is -0.610. The van der Waals surface area contributed by atoms with E-state index in [1.807, 2.05) is 6.92 Å². The number of likely N-dealkylation sites (tertiary alicyclic amines) is 1. The largest absolute Gasteiger partial charge is 0.480 e. The molecule has 0 aromatic heterocycles. The zero-order valence-corrected chi connectivity index (χ0v) is 12.5. The Bertz CT molecular complexity index is 354. The molecule has 1 N–H and O–H groups in total. The van der Waals surface area contributed by atoms with E-state index < -0.39 is 5.97 Å². The van der Waals surface area contributed by atoms with Gasteiger partial charge in [-0.05, 0) is 51.4 Å². The van der Waals surface area contributed by atoms with Crippen molar-refractivity contribution in [3.8, 4) is 0 Å². The van der Waals surface area contributed by atoms with Gasteiger partial charge in [0.2, 0.25) is 0 Å². The molecule has 4 heteroatoms. The summed E-state index contributed by atoms with van der Waals surface area (Å²) in [6, 6.07) is 0.714. The lowest BCUT2D eigenvalue weighted by Gasteiger charge is -2.54. The van der Waals surface area contributed by atoms with Crippen molar-refractivity contribution < 1.29 is 14.6 Å². The Morgan fingerprint density at radius 3 is 2.65 bits per heavy atom. The van der Waals surface area contributed by atoms with E-state index in [1.165, 1.54) is 25.7 Å². The van der Waals surface area contributed by atoms with E-state index >= 15 is 0 Å². The van der Waals surface area contributed by atoms with Crippen LogP contribution in [-0.4, -0.2) is 46.8 Å². The van der Waals surface area contributed by atoms with E-state index in [4.69, 9.17) is 4.74 Å². The van der Waals surface area contributed by atoms with Gasteiger partial charge in [-0.2, -0.15) is 0 Å². The molecule has 0 amide bonds. The highest BCUT2D eigenvalue weighted by molar-refractivity contribution is 5.73. The van der Waals surface area contributed by atoms with Crippen molar-refractivity contribution in [3.63, 3.8) is 0 Å². The fraction of sp³-hybridized carbons (Fsp3) is 0.938. The van der Waals surface area contributed by atoms with Crippen LogP contribution < -0.4 is 0 Å². The first-order valence-electron chi connectivity index (χ1n) is 8.32. The molecule has 3 aliphatic rings. The smallest absolute Gasteiger partial charge is 0.320 e. The number of piperidine rings is 1. The van der Waals surface area contributed by atoms with Crippen molar-refractivity contribution in [3.05, 3.63) is 0 Å². The molecule has 2 saturated carbocycles. The number of hydrogen-bond donors (Lipinski definition) is 1. The average Bonchev–Trinajstić information content (AvgIpc) is 2.41. The molecule has 1 heterocycles. The van der Waals surface area contributed by atoms with E-state index in [-0.39, 0.29) is 6.04 Å². The molecule has 0 bridgehead atoms. The van der Waals surface area contributed by atoms with Crippen molar-refractivity contribution >= 4 is 5.97 Å². The van der Waals surface area contributed by atoms with Gasteiger partial charge in [0.1, 0.15) is 6.04 Å². The molecule has 3 fully saturated rings. The molecule has 0 aromatic rings. The predicted octanol–water partition coefficient (Wildman–Crippen LogP) is 2.66. The first kappa shape index (κ1) is 14.3. The maximum atomic E-state index is 11.6. The van der Waals surface area contributed by atoms with Gasteiger partial charge in [0.25, 0.3) is 0 Å². The summed E-state index contributed by atoms with van der Waals surface area (Å²) in [4.78, 5) is 14.0. The van der Waals surface area contributed by atoms with Crippen molar-refractivity contribution in [1.82, 2.24) is 4.90 Å². The van der Waals surface area contributed by atoms with Crippen LogP contribution in [-0.2, 0) is 9.53 Å². The second-order valence-electron chi connectivity index (χ2n) is 6.69. The van der Waals surface area contributed by atoms with Crippen LogP contribution in [0.5, 0.6) is 0 Å². The van der Waals surface area contributed by atoms with Crippen molar-refractivity contribution in [1.29, 1.82) is 0 Å². The SMILES string of the molecule is CCOC1CC(N2C(C(=O)O)CCC3CCCCC32)C1. The minimum atomic E-state index is -0.617. The van der Waals surface area contributed by atoms with Gasteiger partial charge in [-0.25, -0.2) is 0 Å². The lowest BCUT2D eigenvalue weighted by atomic mass is 9.73. The molecule has 114 valence electrons. The molecule has 0 radical (unpaired) electrons. The van der Waals surface area contributed by atoms with E-state index in [9.17, 15) is 9.90 Å². The van der Waals surface area contributed by atoms with Gasteiger partial charge in [-0.1, -0.05) is 12.8 Å². The standard InChI is InChI=1S/C16H27NO3/c1-2-20-13-9-12(10-13)17-14-6-4-3-5-11(14)7-8-15(17)16(18)19/h11-15H,2-10H2,1H3,(H,18,19). The molecule has 20 heavy (non-hydrogen) atoms. The number of carboxylic acid groups (broad SMARTS) is 1. The topological polar surface area (TPSA) is 49.8 Å². The monoisotopic (exact) mass is 281 g/mol. The number of carbonyl (C=O) groups is 1. The lowest BCUT2D eigenvalue weighted by molar-refractivity contribution is -0.157. The van der Waals surface area contributed by atoms with Gasteiger partial charge in [0, 0.05) is 18.7 Å². The van der Waals surface area contributed by atoms with E-state index in [0.717, 1.165) is 38.2 Å². The highest BCUT2D eigenvalue weighted by Crippen LogP contribution is 2.43. The fourth-order valence-electron chi connectivity index (χ4n) is 4.60. The quantitative estimate of drug-likeness (QED) is 0.860. The first-order chi connectivity index (χ1) is 9.70. The first-order valence-corrected chi connectivity index (χ1v) is 8.32. The summed E-state index contributed by atoms with van der Waals surface area (Å²) in [7, 11) is 0. The van der Waals surface area contributed by atoms with Gasteiger partial charge in [0.05, 0.1) is 6.10 Å². The van der Waals surface area contributed by atoms with E-state index in [2.05, 4.69) is 4.90 Å². The molecule has 2 aliphatic carbocycles. The summed E-state index contributed by atoms with van der Waals surface area (Å²) in [5.41, 5.74) is 0. The van der Waals surface area contributed by atoms with Crippen molar-refractivity contribution in [2.45, 2.75) is 82.5 Å². The van der Waals surface area contributed by atoms with Crippen LogP contribution in [0.4, 0.5) is 0 Å². The van der Waals surface area contributed by atoms with Crippen LogP contribution in [0.3, 0.4) is 0 Å². The third-order valence-corrected chi connectivity index (χ3v) is 5.60. The Labute approximate surface area is 121 Å². The van der Waals surface area contributed by atoms with Gasteiger partial charge in [-0.15, -0.1) is 0 Å². The fourth-order valence-corrected chi connectivity index (χ4v) is 4.60. The molecule has 0 aromatic carbocycles. The van der Waals surface area contributed by atoms with Crippen LogP contribution in [0.1, 0.15) is 58.3 Å². The highest BCUT2D eigenvalue weighted by atomic mass is 16.5.